The molecule has 2 rings (SSSR count). The van der Waals surface area contributed by atoms with Gasteiger partial charge in [-0.3, -0.25) is 4.79 Å². The lowest BCUT2D eigenvalue weighted by molar-refractivity contribution is 0.449. The Morgan fingerprint density at radius 2 is 2.27 bits per heavy atom. The van der Waals surface area contributed by atoms with Gasteiger partial charge in [-0.05, 0) is 18.2 Å². The first-order valence-electron chi connectivity index (χ1n) is 3.04. The molecule has 11 heavy (non-hydrogen) atoms. The normalized spacial score (nSPS) is 10.6. The monoisotopic (exact) mass is 153 g/mol. The molecule has 0 spiro atoms. The summed E-state index contributed by atoms with van der Waals surface area (Å²) in [5.74, 6) is -0.440. The lowest BCUT2D eigenvalue weighted by Crippen LogP contribution is -1.96. The minimum Gasteiger partial charge on any atom is -0.378 e. The van der Waals surface area contributed by atoms with Crippen LogP contribution in [-0.2, 0) is 0 Å². The number of benzene rings is 1. The third-order valence-electron chi connectivity index (χ3n) is 1.44. The molecule has 0 radical (unpaired) electrons. The number of hydrogen-bond donors (Lipinski definition) is 1. The fourth-order valence-corrected chi connectivity index (χ4v) is 0.925. The molecule has 0 saturated heterocycles. The fraction of sp³-hybridized carbons (Fsp3) is 0. The van der Waals surface area contributed by atoms with E-state index in [2.05, 4.69) is 5.16 Å². The molecule has 1 heterocycles. The van der Waals surface area contributed by atoms with Crippen molar-refractivity contribution in [3.8, 4) is 0 Å². The van der Waals surface area contributed by atoms with Gasteiger partial charge in [0.05, 0.1) is 5.39 Å². The number of H-pyrrole nitrogens is 1. The predicted molar refractivity (Wildman–Crippen MR) is 36.8 cm³/mol. The molecule has 0 saturated carbocycles. The predicted octanol–water partition coefficient (Wildman–Crippen LogP) is 1.26. The maximum absolute atomic E-state index is 12.5. The molecule has 0 aliphatic carbocycles. The van der Waals surface area contributed by atoms with E-state index in [-0.39, 0.29) is 5.39 Å². The first-order valence-corrected chi connectivity index (χ1v) is 3.04. The number of rotatable bonds is 0. The van der Waals surface area contributed by atoms with Crippen LogP contribution in [0.1, 0.15) is 0 Å². The Bertz CT molecular complexity index is 443. The lowest BCUT2D eigenvalue weighted by atomic mass is 10.3. The van der Waals surface area contributed by atoms with E-state index in [1.54, 1.807) is 0 Å². The molecule has 56 valence electrons. The van der Waals surface area contributed by atoms with Crippen molar-refractivity contribution in [2.45, 2.75) is 0 Å². The highest BCUT2D eigenvalue weighted by Gasteiger charge is 2.02. The summed E-state index contributed by atoms with van der Waals surface area (Å²) in [5, 5.41) is 2.35. The standard InChI is InChI=1S/C7H4FNO2/c8-4-1-2-6-5(3-4)7(10)9-11-6/h1-3H,(H,9,10). The summed E-state index contributed by atoms with van der Waals surface area (Å²) < 4.78 is 17.2. The van der Waals surface area contributed by atoms with Crippen LogP contribution in [0.2, 0.25) is 0 Å². The largest absolute Gasteiger partial charge is 0.378 e. The molecular weight excluding hydrogens is 149 g/mol. The van der Waals surface area contributed by atoms with Crippen molar-refractivity contribution in [1.82, 2.24) is 5.16 Å². The van der Waals surface area contributed by atoms with Crippen molar-refractivity contribution in [2.24, 2.45) is 0 Å². The zero-order valence-corrected chi connectivity index (χ0v) is 5.43. The molecular formula is C7H4FNO2. The summed E-state index contributed by atoms with van der Waals surface area (Å²) in [5.41, 5.74) is -0.0316. The van der Waals surface area contributed by atoms with Crippen molar-refractivity contribution >= 4 is 11.0 Å². The third kappa shape index (κ3) is 0.832. The van der Waals surface area contributed by atoms with Gasteiger partial charge in [0, 0.05) is 0 Å². The van der Waals surface area contributed by atoms with E-state index in [4.69, 9.17) is 4.52 Å². The Kier molecular flexibility index (Phi) is 1.09. The Labute approximate surface area is 60.4 Å². The molecule has 0 bridgehead atoms. The Morgan fingerprint density at radius 1 is 1.45 bits per heavy atom. The third-order valence-corrected chi connectivity index (χ3v) is 1.44. The number of aromatic amines is 1. The number of fused-ring (bicyclic) bond motifs is 1. The van der Waals surface area contributed by atoms with Gasteiger partial charge in [0.2, 0.25) is 0 Å². The lowest BCUT2D eigenvalue weighted by Gasteiger charge is -1.83. The number of halogens is 1. The molecule has 1 N–H and O–H groups in total. The van der Waals surface area contributed by atoms with Crippen molar-refractivity contribution in [2.75, 3.05) is 0 Å². The Balaban J connectivity index is 2.99. The van der Waals surface area contributed by atoms with Crippen LogP contribution in [0.3, 0.4) is 0 Å². The van der Waals surface area contributed by atoms with Crippen LogP contribution in [0.4, 0.5) is 4.39 Å². The minimum absolute atomic E-state index is 0.241. The van der Waals surface area contributed by atoms with Crippen molar-refractivity contribution in [3.05, 3.63) is 34.4 Å². The zero-order valence-electron chi connectivity index (χ0n) is 5.43. The van der Waals surface area contributed by atoms with Gasteiger partial charge >= 0.3 is 0 Å². The topological polar surface area (TPSA) is 46.0 Å². The fourth-order valence-electron chi connectivity index (χ4n) is 0.925. The molecule has 4 heteroatoms. The molecule has 1 aromatic heterocycles. The molecule has 0 unspecified atom stereocenters. The van der Waals surface area contributed by atoms with E-state index in [0.29, 0.717) is 5.58 Å². The van der Waals surface area contributed by atoms with Gasteiger partial charge < -0.3 is 4.52 Å². The number of nitrogens with one attached hydrogen (secondary N) is 1. The van der Waals surface area contributed by atoms with Gasteiger partial charge in [0.1, 0.15) is 5.82 Å². The smallest absolute Gasteiger partial charge is 0.287 e. The summed E-state index contributed by atoms with van der Waals surface area (Å²) in [6, 6.07) is 3.78. The van der Waals surface area contributed by atoms with Gasteiger partial charge in [-0.15, -0.1) is 0 Å². The second kappa shape index (κ2) is 1.95. The second-order valence-electron chi connectivity index (χ2n) is 2.17. The van der Waals surface area contributed by atoms with Crippen molar-refractivity contribution in [3.63, 3.8) is 0 Å². The van der Waals surface area contributed by atoms with Crippen LogP contribution in [0.5, 0.6) is 0 Å². The number of hydrogen-bond acceptors (Lipinski definition) is 2. The maximum atomic E-state index is 12.5. The van der Waals surface area contributed by atoms with Gasteiger partial charge in [0.25, 0.3) is 5.56 Å². The van der Waals surface area contributed by atoms with E-state index < -0.39 is 11.4 Å². The molecule has 0 amide bonds. The molecule has 1 aromatic carbocycles. The highest BCUT2D eigenvalue weighted by Crippen LogP contribution is 2.09. The van der Waals surface area contributed by atoms with Gasteiger partial charge in [-0.1, -0.05) is 0 Å². The Morgan fingerprint density at radius 3 is 3.09 bits per heavy atom. The van der Waals surface area contributed by atoms with E-state index >= 15 is 0 Å². The summed E-state index contributed by atoms with van der Waals surface area (Å²) in [7, 11) is 0. The summed E-state index contributed by atoms with van der Waals surface area (Å²) in [6.45, 7) is 0. The van der Waals surface area contributed by atoms with Crippen LogP contribution in [0.15, 0.2) is 27.5 Å². The van der Waals surface area contributed by atoms with Crippen molar-refractivity contribution < 1.29 is 8.91 Å². The molecule has 0 aliphatic heterocycles. The van der Waals surface area contributed by atoms with Gasteiger partial charge in [0.15, 0.2) is 5.58 Å². The molecule has 0 aliphatic rings. The van der Waals surface area contributed by atoms with Crippen LogP contribution in [-0.4, -0.2) is 5.16 Å². The average Bonchev–Trinajstić information content (AvgIpc) is 2.33. The van der Waals surface area contributed by atoms with Gasteiger partial charge in [-0.25, -0.2) is 4.39 Å². The van der Waals surface area contributed by atoms with E-state index in [1.165, 1.54) is 12.1 Å². The maximum Gasteiger partial charge on any atom is 0.287 e. The summed E-state index contributed by atoms with van der Waals surface area (Å²) >= 11 is 0. The quantitative estimate of drug-likeness (QED) is 0.619. The minimum atomic E-state index is -0.440. The van der Waals surface area contributed by atoms with Gasteiger partial charge in [-0.2, -0.15) is 5.16 Å². The first kappa shape index (κ1) is 6.15. The van der Waals surface area contributed by atoms with E-state index in [0.717, 1.165) is 6.07 Å². The summed E-state index contributed by atoms with van der Waals surface area (Å²) in [6.07, 6.45) is 0. The highest BCUT2D eigenvalue weighted by molar-refractivity contribution is 5.75. The highest BCUT2D eigenvalue weighted by atomic mass is 19.1. The van der Waals surface area contributed by atoms with Crippen molar-refractivity contribution in [1.29, 1.82) is 0 Å². The first-order chi connectivity index (χ1) is 5.27. The molecule has 3 nitrogen and oxygen atoms in total. The van der Waals surface area contributed by atoms with E-state index in [9.17, 15) is 9.18 Å². The zero-order chi connectivity index (χ0) is 7.84. The van der Waals surface area contributed by atoms with Crippen LogP contribution < -0.4 is 5.56 Å². The van der Waals surface area contributed by atoms with Crippen LogP contribution >= 0.6 is 0 Å². The van der Waals surface area contributed by atoms with Crippen LogP contribution in [0, 0.1) is 5.82 Å². The average molecular weight is 153 g/mol. The molecule has 0 fully saturated rings. The van der Waals surface area contributed by atoms with E-state index in [1.807, 2.05) is 0 Å². The number of aromatic nitrogens is 1. The Hall–Kier alpha value is -1.58. The van der Waals surface area contributed by atoms with Crippen LogP contribution in [0.25, 0.3) is 11.0 Å². The molecule has 2 aromatic rings. The SMILES string of the molecule is O=c1[nH]oc2ccc(F)cc12. The summed E-state index contributed by atoms with van der Waals surface area (Å²) in [4.78, 5) is 10.8. The second-order valence-corrected chi connectivity index (χ2v) is 2.17. The molecule has 0 atom stereocenters.